The van der Waals surface area contributed by atoms with Gasteiger partial charge in [-0.05, 0) is 17.7 Å². The zero-order valence-electron chi connectivity index (χ0n) is 11.1. The Balaban J connectivity index is 0.000000200. The number of carbonyl (C=O) groups is 2. The Morgan fingerprint density at radius 2 is 1.45 bits per heavy atom. The van der Waals surface area contributed by atoms with Gasteiger partial charge in [-0.25, -0.2) is 0 Å². The van der Waals surface area contributed by atoms with Crippen LogP contribution in [0, 0.1) is 0 Å². The molecule has 0 radical (unpaired) electrons. The Morgan fingerprint density at radius 1 is 0.900 bits per heavy atom. The van der Waals surface area contributed by atoms with E-state index in [2.05, 4.69) is 6.58 Å². The van der Waals surface area contributed by atoms with Gasteiger partial charge in [0.15, 0.2) is 5.78 Å². The molecule has 2 heteroatoms. The number of carbonyl (C=O) groups excluding carboxylic acids is 2. The lowest BCUT2D eigenvalue weighted by atomic mass is 10.1. The second-order valence-corrected chi connectivity index (χ2v) is 3.84. The zero-order valence-corrected chi connectivity index (χ0v) is 11.1. The molecule has 0 saturated heterocycles. The molecular weight excluding hydrogens is 248 g/mol. The van der Waals surface area contributed by atoms with Crippen molar-refractivity contribution in [2.75, 3.05) is 0 Å². The molecule has 0 aliphatic heterocycles. The molecule has 0 amide bonds. The normalized spacial score (nSPS) is 9.40. The molecular formula is C18H16O2. The Bertz CT molecular complexity index is 569. The van der Waals surface area contributed by atoms with Crippen molar-refractivity contribution in [2.24, 2.45) is 0 Å². The molecule has 0 unspecified atom stereocenters. The summed E-state index contributed by atoms with van der Waals surface area (Å²) in [5.74, 6) is -0.0272. The average molecular weight is 264 g/mol. The monoisotopic (exact) mass is 264 g/mol. The van der Waals surface area contributed by atoms with Crippen molar-refractivity contribution < 1.29 is 9.59 Å². The Hall–Kier alpha value is -2.74. The van der Waals surface area contributed by atoms with Crippen LogP contribution in [0.25, 0.3) is 6.08 Å². The van der Waals surface area contributed by atoms with Gasteiger partial charge in [-0.15, -0.1) is 0 Å². The summed E-state index contributed by atoms with van der Waals surface area (Å²) in [6.07, 6.45) is 5.34. The van der Waals surface area contributed by atoms with E-state index in [1.165, 1.54) is 12.2 Å². The Kier molecular flexibility index (Phi) is 7.07. The lowest BCUT2D eigenvalue weighted by molar-refractivity contribution is -0.104. The average Bonchev–Trinajstić information content (AvgIpc) is 2.54. The van der Waals surface area contributed by atoms with Gasteiger partial charge in [-0.1, -0.05) is 73.3 Å². The SMILES string of the molecule is C=CC(=O)c1ccccc1.O=CC=Cc1ccccc1. The van der Waals surface area contributed by atoms with E-state index in [1.807, 2.05) is 48.5 Å². The number of aldehydes is 1. The number of ketones is 1. The van der Waals surface area contributed by atoms with Crippen LogP contribution < -0.4 is 0 Å². The van der Waals surface area contributed by atoms with Gasteiger partial charge in [0.2, 0.25) is 0 Å². The van der Waals surface area contributed by atoms with Gasteiger partial charge in [-0.2, -0.15) is 0 Å². The van der Waals surface area contributed by atoms with Gasteiger partial charge in [0.05, 0.1) is 0 Å². The van der Waals surface area contributed by atoms with Crippen LogP contribution in [-0.2, 0) is 4.79 Å². The summed E-state index contributed by atoms with van der Waals surface area (Å²) in [5, 5.41) is 0. The maximum Gasteiger partial charge on any atom is 0.185 e. The predicted molar refractivity (Wildman–Crippen MR) is 82.5 cm³/mol. The first-order valence-electron chi connectivity index (χ1n) is 6.16. The second kappa shape index (κ2) is 9.22. The minimum Gasteiger partial charge on any atom is -0.299 e. The molecule has 0 aliphatic carbocycles. The fourth-order valence-electron chi connectivity index (χ4n) is 1.43. The maximum absolute atomic E-state index is 10.9. The lowest BCUT2D eigenvalue weighted by Crippen LogP contribution is -1.90. The summed E-state index contributed by atoms with van der Waals surface area (Å²) >= 11 is 0. The van der Waals surface area contributed by atoms with E-state index in [9.17, 15) is 9.59 Å². The second-order valence-electron chi connectivity index (χ2n) is 3.84. The molecule has 100 valence electrons. The number of hydrogen-bond acceptors (Lipinski definition) is 2. The molecule has 0 aromatic heterocycles. The van der Waals surface area contributed by atoms with Gasteiger partial charge in [0.25, 0.3) is 0 Å². The van der Waals surface area contributed by atoms with Crippen LogP contribution in [0.15, 0.2) is 79.4 Å². The molecule has 0 aliphatic rings. The third-order valence-corrected chi connectivity index (χ3v) is 2.41. The van der Waals surface area contributed by atoms with Crippen LogP contribution >= 0.6 is 0 Å². The molecule has 2 aromatic rings. The molecule has 2 rings (SSSR count). The van der Waals surface area contributed by atoms with Crippen LogP contribution in [0.2, 0.25) is 0 Å². The van der Waals surface area contributed by atoms with Crippen LogP contribution in [0.5, 0.6) is 0 Å². The topological polar surface area (TPSA) is 34.1 Å². The van der Waals surface area contributed by atoms with Crippen molar-refractivity contribution in [3.8, 4) is 0 Å². The summed E-state index contributed by atoms with van der Waals surface area (Å²) < 4.78 is 0. The van der Waals surface area contributed by atoms with E-state index < -0.39 is 0 Å². The summed E-state index contributed by atoms with van der Waals surface area (Å²) in [6.45, 7) is 3.39. The standard InChI is InChI=1S/2C9H8O/c1-2-9(10)8-6-4-3-5-7-8;10-8-4-7-9-5-2-1-3-6-9/h2-7H,1H2;1-8H. The molecule has 0 bridgehead atoms. The maximum atomic E-state index is 10.9. The fourth-order valence-corrected chi connectivity index (χ4v) is 1.43. The number of rotatable bonds is 4. The highest BCUT2D eigenvalue weighted by Gasteiger charge is 1.95. The van der Waals surface area contributed by atoms with E-state index in [4.69, 9.17) is 0 Å². The largest absolute Gasteiger partial charge is 0.299 e. The quantitative estimate of drug-likeness (QED) is 0.476. The number of hydrogen-bond donors (Lipinski definition) is 0. The van der Waals surface area contributed by atoms with E-state index in [0.29, 0.717) is 5.56 Å². The summed E-state index contributed by atoms with van der Waals surface area (Å²) in [7, 11) is 0. The number of benzene rings is 2. The lowest BCUT2D eigenvalue weighted by Gasteiger charge is -1.90. The van der Waals surface area contributed by atoms with Crippen molar-refractivity contribution in [3.05, 3.63) is 90.5 Å². The molecule has 0 fully saturated rings. The minimum atomic E-state index is -0.0272. The molecule has 2 aromatic carbocycles. The molecule has 0 saturated carbocycles. The first-order chi connectivity index (χ1) is 9.77. The summed E-state index contributed by atoms with van der Waals surface area (Å²) in [6, 6.07) is 18.8. The highest BCUT2D eigenvalue weighted by molar-refractivity contribution is 6.04. The smallest absolute Gasteiger partial charge is 0.185 e. The van der Waals surface area contributed by atoms with Gasteiger partial charge in [0, 0.05) is 5.56 Å². The van der Waals surface area contributed by atoms with E-state index in [-0.39, 0.29) is 5.78 Å². The molecule has 2 nitrogen and oxygen atoms in total. The van der Waals surface area contributed by atoms with Crippen molar-refractivity contribution in [1.29, 1.82) is 0 Å². The molecule has 0 heterocycles. The van der Waals surface area contributed by atoms with Crippen molar-refractivity contribution in [2.45, 2.75) is 0 Å². The summed E-state index contributed by atoms with van der Waals surface area (Å²) in [5.41, 5.74) is 1.74. The van der Waals surface area contributed by atoms with Crippen LogP contribution in [0.3, 0.4) is 0 Å². The third kappa shape index (κ3) is 5.74. The van der Waals surface area contributed by atoms with Gasteiger partial charge in [0.1, 0.15) is 6.29 Å². The fraction of sp³-hybridized carbons (Fsp3) is 0. The van der Waals surface area contributed by atoms with Crippen molar-refractivity contribution in [1.82, 2.24) is 0 Å². The highest BCUT2D eigenvalue weighted by atomic mass is 16.1. The van der Waals surface area contributed by atoms with E-state index in [1.54, 1.807) is 18.2 Å². The first-order valence-corrected chi connectivity index (χ1v) is 6.16. The first kappa shape index (κ1) is 15.3. The minimum absolute atomic E-state index is 0.0272. The van der Waals surface area contributed by atoms with Crippen LogP contribution in [0.1, 0.15) is 15.9 Å². The zero-order chi connectivity index (χ0) is 14.6. The van der Waals surface area contributed by atoms with E-state index >= 15 is 0 Å². The van der Waals surface area contributed by atoms with Crippen molar-refractivity contribution in [3.63, 3.8) is 0 Å². The molecule has 0 atom stereocenters. The van der Waals surface area contributed by atoms with E-state index in [0.717, 1.165) is 11.8 Å². The van der Waals surface area contributed by atoms with Gasteiger partial charge in [-0.3, -0.25) is 9.59 Å². The predicted octanol–water partition coefficient (Wildman–Crippen LogP) is 3.95. The van der Waals surface area contributed by atoms with Crippen LogP contribution in [0.4, 0.5) is 0 Å². The van der Waals surface area contributed by atoms with Gasteiger partial charge < -0.3 is 0 Å². The summed E-state index contributed by atoms with van der Waals surface area (Å²) in [4.78, 5) is 20.8. The third-order valence-electron chi connectivity index (χ3n) is 2.41. The highest BCUT2D eigenvalue weighted by Crippen LogP contribution is 1.99. The Morgan fingerprint density at radius 3 is 1.95 bits per heavy atom. The van der Waals surface area contributed by atoms with Crippen LogP contribution in [-0.4, -0.2) is 12.1 Å². The number of allylic oxidation sites excluding steroid dienone is 2. The van der Waals surface area contributed by atoms with Crippen molar-refractivity contribution >= 4 is 18.1 Å². The molecule has 0 N–H and O–H groups in total. The molecule has 20 heavy (non-hydrogen) atoms. The molecule has 0 spiro atoms. The van der Waals surface area contributed by atoms with Gasteiger partial charge >= 0.3 is 0 Å². The Labute approximate surface area is 119 Å².